The smallest absolute Gasteiger partial charge is 0.343 e. The largest absolute Gasteiger partial charge is 0.479 e. The van der Waals surface area contributed by atoms with E-state index in [4.69, 9.17) is 5.11 Å². The van der Waals surface area contributed by atoms with Crippen LogP contribution in [-0.4, -0.2) is 17.2 Å². The van der Waals surface area contributed by atoms with Gasteiger partial charge in [0.2, 0.25) is 6.17 Å². The van der Waals surface area contributed by atoms with Crippen LogP contribution in [0.4, 0.5) is 4.39 Å². The van der Waals surface area contributed by atoms with E-state index in [1.165, 1.54) is 0 Å². The summed E-state index contributed by atoms with van der Waals surface area (Å²) in [6.07, 6.45) is 0.362. The minimum Gasteiger partial charge on any atom is -0.479 e. The number of carbonyl (C=O) groups is 1. The fourth-order valence-electron chi connectivity index (χ4n) is 1.68. The SMILES string of the molecule is O=C(O)C(F)C1=CCc2ccccc21. The van der Waals surface area contributed by atoms with Gasteiger partial charge in [0.05, 0.1) is 0 Å². The maximum Gasteiger partial charge on any atom is 0.343 e. The van der Waals surface area contributed by atoms with E-state index >= 15 is 0 Å². The molecule has 0 aliphatic heterocycles. The highest BCUT2D eigenvalue weighted by Crippen LogP contribution is 2.30. The summed E-state index contributed by atoms with van der Waals surface area (Å²) in [5.74, 6) is -1.42. The van der Waals surface area contributed by atoms with Crippen molar-refractivity contribution < 1.29 is 14.3 Å². The second kappa shape index (κ2) is 3.25. The number of halogens is 1. The summed E-state index contributed by atoms with van der Waals surface area (Å²) in [6.45, 7) is 0. The molecule has 1 aliphatic carbocycles. The van der Waals surface area contributed by atoms with Crippen molar-refractivity contribution in [3.63, 3.8) is 0 Å². The molecular weight excluding hydrogens is 183 g/mol. The van der Waals surface area contributed by atoms with Gasteiger partial charge in [0.15, 0.2) is 0 Å². The van der Waals surface area contributed by atoms with Crippen LogP contribution in [0.5, 0.6) is 0 Å². The minimum absolute atomic E-state index is 0.285. The van der Waals surface area contributed by atoms with Gasteiger partial charge >= 0.3 is 5.97 Å². The molecule has 2 rings (SSSR count). The summed E-state index contributed by atoms with van der Waals surface area (Å²) in [7, 11) is 0. The molecular formula is C11H9FO2. The summed E-state index contributed by atoms with van der Waals surface area (Å²) in [5.41, 5.74) is 2.00. The maximum absolute atomic E-state index is 13.2. The first-order valence-electron chi connectivity index (χ1n) is 4.35. The molecule has 3 heteroatoms. The van der Waals surface area contributed by atoms with E-state index in [0.29, 0.717) is 6.42 Å². The summed E-state index contributed by atoms with van der Waals surface area (Å²) in [5, 5.41) is 8.55. The average Bonchev–Trinajstić information content (AvgIpc) is 2.60. The van der Waals surface area contributed by atoms with E-state index in [0.717, 1.165) is 11.1 Å². The number of hydrogen-bond acceptors (Lipinski definition) is 1. The van der Waals surface area contributed by atoms with Crippen molar-refractivity contribution in [2.24, 2.45) is 0 Å². The minimum atomic E-state index is -1.90. The number of allylic oxidation sites excluding steroid dienone is 1. The number of fused-ring (bicyclic) bond motifs is 1. The number of benzene rings is 1. The Balaban J connectivity index is 2.38. The highest BCUT2D eigenvalue weighted by molar-refractivity contribution is 5.92. The van der Waals surface area contributed by atoms with Crippen LogP contribution in [0.1, 0.15) is 11.1 Å². The fourth-order valence-corrected chi connectivity index (χ4v) is 1.68. The van der Waals surface area contributed by atoms with Gasteiger partial charge in [-0.15, -0.1) is 0 Å². The van der Waals surface area contributed by atoms with Crippen LogP contribution < -0.4 is 0 Å². The Morgan fingerprint density at radius 2 is 2.14 bits per heavy atom. The Labute approximate surface area is 80.7 Å². The lowest BCUT2D eigenvalue weighted by molar-refractivity contribution is -0.140. The first kappa shape index (κ1) is 8.94. The van der Waals surface area contributed by atoms with Crippen LogP contribution in [-0.2, 0) is 11.2 Å². The Morgan fingerprint density at radius 3 is 2.86 bits per heavy atom. The molecule has 1 unspecified atom stereocenters. The predicted molar refractivity (Wildman–Crippen MR) is 50.7 cm³/mol. The van der Waals surface area contributed by atoms with E-state index in [1.807, 2.05) is 12.1 Å². The number of hydrogen-bond donors (Lipinski definition) is 1. The number of aliphatic carboxylic acids is 1. The Hall–Kier alpha value is -1.64. The van der Waals surface area contributed by atoms with E-state index in [9.17, 15) is 9.18 Å². The van der Waals surface area contributed by atoms with Crippen LogP contribution in [0.15, 0.2) is 30.3 Å². The van der Waals surface area contributed by atoms with Crippen LogP contribution in [0, 0.1) is 0 Å². The molecule has 0 saturated carbocycles. The molecule has 0 aromatic heterocycles. The molecule has 0 spiro atoms. The molecule has 0 radical (unpaired) electrons. The van der Waals surface area contributed by atoms with Crippen molar-refractivity contribution in [1.29, 1.82) is 0 Å². The lowest BCUT2D eigenvalue weighted by atomic mass is 10.0. The monoisotopic (exact) mass is 192 g/mol. The molecule has 0 saturated heterocycles. The van der Waals surface area contributed by atoms with Crippen molar-refractivity contribution in [3.8, 4) is 0 Å². The van der Waals surface area contributed by atoms with Gasteiger partial charge in [0, 0.05) is 5.57 Å². The lowest BCUT2D eigenvalue weighted by Crippen LogP contribution is -2.15. The summed E-state index contributed by atoms with van der Waals surface area (Å²) < 4.78 is 13.2. The molecule has 1 aliphatic rings. The zero-order valence-corrected chi connectivity index (χ0v) is 7.40. The third-order valence-electron chi connectivity index (χ3n) is 2.36. The normalized spacial score (nSPS) is 15.9. The molecule has 2 nitrogen and oxygen atoms in total. The maximum atomic E-state index is 13.2. The highest BCUT2D eigenvalue weighted by Gasteiger charge is 2.26. The van der Waals surface area contributed by atoms with Gasteiger partial charge in [-0.1, -0.05) is 30.3 Å². The zero-order valence-electron chi connectivity index (χ0n) is 7.40. The van der Waals surface area contributed by atoms with Gasteiger partial charge in [-0.3, -0.25) is 0 Å². The molecule has 1 atom stereocenters. The summed E-state index contributed by atoms with van der Waals surface area (Å²) >= 11 is 0. The van der Waals surface area contributed by atoms with E-state index in [2.05, 4.69) is 0 Å². The van der Waals surface area contributed by atoms with Gasteiger partial charge in [-0.25, -0.2) is 9.18 Å². The topological polar surface area (TPSA) is 37.3 Å². The van der Waals surface area contributed by atoms with Crippen LogP contribution in [0.2, 0.25) is 0 Å². The molecule has 72 valence electrons. The average molecular weight is 192 g/mol. The summed E-state index contributed by atoms with van der Waals surface area (Å²) in [4.78, 5) is 10.5. The van der Waals surface area contributed by atoms with Crippen molar-refractivity contribution in [2.75, 3.05) is 0 Å². The lowest BCUT2D eigenvalue weighted by Gasteiger charge is -2.06. The number of alkyl halides is 1. The summed E-state index contributed by atoms with van der Waals surface area (Å²) in [6, 6.07) is 7.28. The van der Waals surface area contributed by atoms with E-state index < -0.39 is 12.1 Å². The number of carboxylic acid groups (broad SMARTS) is 1. The molecule has 1 aromatic carbocycles. The molecule has 0 fully saturated rings. The van der Waals surface area contributed by atoms with Gasteiger partial charge in [0.25, 0.3) is 0 Å². The Morgan fingerprint density at radius 1 is 1.43 bits per heavy atom. The quantitative estimate of drug-likeness (QED) is 0.778. The van der Waals surface area contributed by atoms with E-state index in [1.54, 1.807) is 18.2 Å². The number of rotatable bonds is 2. The third-order valence-corrected chi connectivity index (χ3v) is 2.36. The number of carboxylic acids is 1. The molecule has 1 N–H and O–H groups in total. The standard InChI is InChI=1S/C11H9FO2/c12-10(11(13)14)9-6-5-7-3-1-2-4-8(7)9/h1-4,6,10H,5H2,(H,13,14). The first-order chi connectivity index (χ1) is 6.70. The van der Waals surface area contributed by atoms with Crippen molar-refractivity contribution >= 4 is 11.5 Å². The van der Waals surface area contributed by atoms with Gasteiger partial charge in [-0.2, -0.15) is 0 Å². The molecule has 1 aromatic rings. The molecule has 0 bridgehead atoms. The molecule has 14 heavy (non-hydrogen) atoms. The Bertz CT molecular complexity index is 410. The zero-order chi connectivity index (χ0) is 10.1. The van der Waals surface area contributed by atoms with Crippen LogP contribution >= 0.6 is 0 Å². The van der Waals surface area contributed by atoms with Crippen LogP contribution in [0.3, 0.4) is 0 Å². The van der Waals surface area contributed by atoms with Gasteiger partial charge < -0.3 is 5.11 Å². The first-order valence-corrected chi connectivity index (χ1v) is 4.35. The van der Waals surface area contributed by atoms with Crippen LogP contribution in [0.25, 0.3) is 5.57 Å². The fraction of sp³-hybridized carbons (Fsp3) is 0.182. The molecule has 0 heterocycles. The van der Waals surface area contributed by atoms with Crippen molar-refractivity contribution in [3.05, 3.63) is 41.5 Å². The second-order valence-corrected chi connectivity index (χ2v) is 3.22. The van der Waals surface area contributed by atoms with Crippen molar-refractivity contribution in [1.82, 2.24) is 0 Å². The van der Waals surface area contributed by atoms with Crippen molar-refractivity contribution in [2.45, 2.75) is 12.6 Å². The predicted octanol–water partition coefficient (Wildman–Crippen LogP) is 2.05. The highest BCUT2D eigenvalue weighted by atomic mass is 19.1. The second-order valence-electron chi connectivity index (χ2n) is 3.22. The van der Waals surface area contributed by atoms with Gasteiger partial charge in [0.1, 0.15) is 0 Å². The van der Waals surface area contributed by atoms with E-state index in [-0.39, 0.29) is 5.57 Å². The molecule has 0 amide bonds. The third kappa shape index (κ3) is 1.31. The Kier molecular flexibility index (Phi) is 2.08. The van der Waals surface area contributed by atoms with Gasteiger partial charge in [-0.05, 0) is 17.5 Å².